The molecule has 1 aromatic heterocycles. The molecule has 0 aliphatic carbocycles. The summed E-state index contributed by atoms with van der Waals surface area (Å²) < 4.78 is 18.5. The molecule has 7 heteroatoms. The van der Waals surface area contributed by atoms with Crippen molar-refractivity contribution < 1.29 is 13.7 Å². The summed E-state index contributed by atoms with van der Waals surface area (Å²) in [7, 11) is 0. The van der Waals surface area contributed by atoms with Crippen molar-refractivity contribution in [2.24, 2.45) is 0 Å². The molecule has 1 saturated heterocycles. The predicted octanol–water partition coefficient (Wildman–Crippen LogP) is 4.44. The van der Waals surface area contributed by atoms with Gasteiger partial charge in [-0.15, -0.1) is 0 Å². The highest BCUT2D eigenvalue weighted by atomic mass is 35.5. The van der Waals surface area contributed by atoms with Gasteiger partial charge in [-0.05, 0) is 42.7 Å². The first-order valence-corrected chi connectivity index (χ1v) is 9.12. The van der Waals surface area contributed by atoms with Crippen LogP contribution in [0.25, 0.3) is 11.4 Å². The smallest absolute Gasteiger partial charge is 0.249 e. The van der Waals surface area contributed by atoms with Gasteiger partial charge in [-0.2, -0.15) is 4.98 Å². The van der Waals surface area contributed by atoms with Crippen LogP contribution in [0.1, 0.15) is 30.3 Å². The van der Waals surface area contributed by atoms with Gasteiger partial charge in [-0.1, -0.05) is 41.0 Å². The first kappa shape index (κ1) is 17.7. The fourth-order valence-electron chi connectivity index (χ4n) is 3.32. The molecule has 1 atom stereocenters. The molecule has 2 aromatic carbocycles. The average Bonchev–Trinajstić information content (AvgIpc) is 3.33. The zero-order valence-electron chi connectivity index (χ0n) is 14.4. The lowest BCUT2D eigenvalue weighted by molar-refractivity contribution is -0.131. The number of hydrogen-bond donors (Lipinski definition) is 0. The van der Waals surface area contributed by atoms with Crippen LogP contribution >= 0.6 is 11.6 Å². The van der Waals surface area contributed by atoms with Crippen molar-refractivity contribution in [1.82, 2.24) is 15.0 Å². The second-order valence-corrected chi connectivity index (χ2v) is 6.89. The minimum absolute atomic E-state index is 0.0402. The van der Waals surface area contributed by atoms with E-state index >= 15 is 0 Å². The van der Waals surface area contributed by atoms with E-state index < -0.39 is 0 Å². The van der Waals surface area contributed by atoms with Gasteiger partial charge in [0.15, 0.2) is 0 Å². The Hall–Kier alpha value is -2.73. The fraction of sp³-hybridized carbons (Fsp3) is 0.250. The van der Waals surface area contributed by atoms with Crippen LogP contribution in [0.4, 0.5) is 4.39 Å². The van der Waals surface area contributed by atoms with E-state index in [1.54, 1.807) is 23.1 Å². The molecule has 0 N–H and O–H groups in total. The maximum absolute atomic E-state index is 13.0. The van der Waals surface area contributed by atoms with Crippen molar-refractivity contribution >= 4 is 17.5 Å². The Bertz CT molecular complexity index is 958. The third-order valence-corrected chi connectivity index (χ3v) is 5.01. The first-order chi connectivity index (χ1) is 13.1. The number of likely N-dealkylation sites (tertiary alicyclic amines) is 1. The van der Waals surface area contributed by atoms with Gasteiger partial charge in [0.2, 0.25) is 17.6 Å². The highest BCUT2D eigenvalue weighted by molar-refractivity contribution is 6.33. The summed E-state index contributed by atoms with van der Waals surface area (Å²) in [5.41, 5.74) is 1.46. The van der Waals surface area contributed by atoms with Crippen LogP contribution in [0, 0.1) is 5.82 Å². The van der Waals surface area contributed by atoms with Gasteiger partial charge >= 0.3 is 0 Å². The maximum atomic E-state index is 13.0. The van der Waals surface area contributed by atoms with E-state index in [0.29, 0.717) is 28.8 Å². The molecule has 1 amide bonds. The highest BCUT2D eigenvalue weighted by Gasteiger charge is 2.34. The molecule has 138 valence electrons. The van der Waals surface area contributed by atoms with Crippen molar-refractivity contribution in [2.45, 2.75) is 25.3 Å². The molecule has 0 spiro atoms. The topological polar surface area (TPSA) is 59.2 Å². The van der Waals surface area contributed by atoms with Crippen molar-refractivity contribution in [3.63, 3.8) is 0 Å². The van der Waals surface area contributed by atoms with E-state index in [9.17, 15) is 9.18 Å². The second kappa shape index (κ2) is 7.48. The monoisotopic (exact) mass is 385 g/mol. The lowest BCUT2D eigenvalue weighted by Gasteiger charge is -2.21. The van der Waals surface area contributed by atoms with E-state index in [1.165, 1.54) is 12.1 Å². The third-order valence-electron chi connectivity index (χ3n) is 4.68. The molecule has 0 unspecified atom stereocenters. The van der Waals surface area contributed by atoms with Gasteiger partial charge in [-0.25, -0.2) is 4.39 Å². The minimum Gasteiger partial charge on any atom is -0.337 e. The quantitative estimate of drug-likeness (QED) is 0.666. The summed E-state index contributed by atoms with van der Waals surface area (Å²) >= 11 is 6.20. The van der Waals surface area contributed by atoms with Crippen molar-refractivity contribution in [3.8, 4) is 11.4 Å². The summed E-state index contributed by atoms with van der Waals surface area (Å²) in [5.74, 6) is 0.466. The van der Waals surface area contributed by atoms with Crippen LogP contribution in [0.15, 0.2) is 53.1 Å². The molecule has 1 fully saturated rings. The molecule has 1 aliphatic rings. The number of rotatable bonds is 4. The van der Waals surface area contributed by atoms with Crippen molar-refractivity contribution in [3.05, 3.63) is 70.8 Å². The van der Waals surface area contributed by atoms with Crippen LogP contribution in [0.5, 0.6) is 0 Å². The second-order valence-electron chi connectivity index (χ2n) is 6.48. The molecule has 0 radical (unpaired) electrons. The normalized spacial score (nSPS) is 16.7. The minimum atomic E-state index is -0.316. The largest absolute Gasteiger partial charge is 0.337 e. The number of halogens is 2. The predicted molar refractivity (Wildman–Crippen MR) is 98.5 cm³/mol. The standard InChI is InChI=1S/C20H17ClFN3O2/c21-16-5-2-1-4-15(16)19-23-20(27-24-19)17-6-3-11-25(17)18(26)12-13-7-9-14(22)10-8-13/h1-2,4-5,7-10,17H,3,6,11-12H2/t17-/m1/s1. The van der Waals surface area contributed by atoms with Crippen LogP contribution in [0.2, 0.25) is 5.02 Å². The Morgan fingerprint density at radius 3 is 2.78 bits per heavy atom. The first-order valence-electron chi connectivity index (χ1n) is 8.74. The summed E-state index contributed by atoms with van der Waals surface area (Å²) in [5, 5.41) is 4.57. The molecule has 4 rings (SSSR count). The molecular weight excluding hydrogens is 369 g/mol. The number of carbonyl (C=O) groups is 1. The van der Waals surface area contributed by atoms with Crippen LogP contribution in [-0.4, -0.2) is 27.5 Å². The van der Waals surface area contributed by atoms with Gasteiger partial charge in [-0.3, -0.25) is 4.79 Å². The number of benzene rings is 2. The number of amides is 1. The summed E-state index contributed by atoms with van der Waals surface area (Å²) in [6.45, 7) is 0.633. The molecular formula is C20H17ClFN3O2. The summed E-state index contributed by atoms with van der Waals surface area (Å²) in [4.78, 5) is 19.0. The van der Waals surface area contributed by atoms with Crippen LogP contribution in [0.3, 0.4) is 0 Å². The molecule has 27 heavy (non-hydrogen) atoms. The Morgan fingerprint density at radius 1 is 1.22 bits per heavy atom. The van der Waals surface area contributed by atoms with Crippen molar-refractivity contribution in [1.29, 1.82) is 0 Å². The Labute approximate surface area is 160 Å². The molecule has 1 aliphatic heterocycles. The van der Waals surface area contributed by atoms with Gasteiger partial charge in [0.25, 0.3) is 0 Å². The number of nitrogens with zero attached hydrogens (tertiary/aromatic N) is 3. The fourth-order valence-corrected chi connectivity index (χ4v) is 3.54. The van der Waals surface area contributed by atoms with Crippen LogP contribution < -0.4 is 0 Å². The zero-order chi connectivity index (χ0) is 18.8. The van der Waals surface area contributed by atoms with E-state index in [1.807, 2.05) is 18.2 Å². The Balaban J connectivity index is 1.52. The number of hydrogen-bond acceptors (Lipinski definition) is 4. The third kappa shape index (κ3) is 3.71. The van der Waals surface area contributed by atoms with E-state index in [4.69, 9.17) is 16.1 Å². The van der Waals surface area contributed by atoms with Gasteiger partial charge in [0.1, 0.15) is 11.9 Å². The lowest BCUT2D eigenvalue weighted by Crippen LogP contribution is -2.32. The number of carbonyl (C=O) groups excluding carboxylic acids is 1. The Kier molecular flexibility index (Phi) is 4.90. The summed E-state index contributed by atoms with van der Waals surface area (Å²) in [6, 6.07) is 13.0. The van der Waals surface area contributed by atoms with E-state index in [0.717, 1.165) is 18.4 Å². The van der Waals surface area contributed by atoms with Gasteiger partial charge in [0, 0.05) is 12.1 Å². The Morgan fingerprint density at radius 2 is 2.00 bits per heavy atom. The van der Waals surface area contributed by atoms with Crippen LogP contribution in [-0.2, 0) is 11.2 Å². The van der Waals surface area contributed by atoms with E-state index in [2.05, 4.69) is 10.1 Å². The van der Waals surface area contributed by atoms with Gasteiger partial charge < -0.3 is 9.42 Å². The molecule has 3 aromatic rings. The summed E-state index contributed by atoms with van der Waals surface area (Å²) in [6.07, 6.45) is 1.84. The maximum Gasteiger partial charge on any atom is 0.249 e. The SMILES string of the molecule is O=C(Cc1ccc(F)cc1)N1CCC[C@@H]1c1nc(-c2ccccc2Cl)no1. The lowest BCUT2D eigenvalue weighted by atomic mass is 10.1. The zero-order valence-corrected chi connectivity index (χ0v) is 15.2. The number of aromatic nitrogens is 2. The molecule has 0 bridgehead atoms. The molecule has 0 saturated carbocycles. The van der Waals surface area contributed by atoms with Gasteiger partial charge in [0.05, 0.1) is 11.4 Å². The molecule has 5 nitrogen and oxygen atoms in total. The van der Waals surface area contributed by atoms with Crippen molar-refractivity contribution in [2.75, 3.05) is 6.54 Å². The average molecular weight is 386 g/mol. The van der Waals surface area contributed by atoms with E-state index in [-0.39, 0.29) is 24.2 Å². The molecule has 2 heterocycles. The highest BCUT2D eigenvalue weighted by Crippen LogP contribution is 2.33.